The van der Waals surface area contributed by atoms with Gasteiger partial charge in [-0.1, -0.05) is 18.2 Å². The predicted octanol–water partition coefficient (Wildman–Crippen LogP) is 4.56. The number of rotatable bonds is 3. The minimum atomic E-state index is -0.142. The Balaban J connectivity index is 1.43. The number of carbonyl (C=O) groups is 2. The lowest BCUT2D eigenvalue weighted by Gasteiger charge is -2.15. The fourth-order valence-corrected chi connectivity index (χ4v) is 4.98. The van der Waals surface area contributed by atoms with Crippen LogP contribution in [0.15, 0.2) is 54.6 Å². The van der Waals surface area contributed by atoms with Crippen LogP contribution in [0.1, 0.15) is 27.9 Å². The van der Waals surface area contributed by atoms with E-state index in [1.54, 1.807) is 11.8 Å². The Bertz CT molecular complexity index is 1290. The fourth-order valence-electron chi connectivity index (χ4n) is 3.90. The van der Waals surface area contributed by atoms with Gasteiger partial charge < -0.3 is 10.2 Å². The summed E-state index contributed by atoms with van der Waals surface area (Å²) in [6, 6.07) is 17.5. The second kappa shape index (κ2) is 7.11. The summed E-state index contributed by atoms with van der Waals surface area (Å²) in [6.45, 7) is 4.22. The minimum absolute atomic E-state index is 0.0404. The van der Waals surface area contributed by atoms with Crippen molar-refractivity contribution in [2.75, 3.05) is 16.8 Å². The molecule has 7 heteroatoms. The molecule has 5 rings (SSSR count). The smallest absolute Gasteiger partial charge is 0.265 e. The number of aryl methyl sites for hydroxylation is 1. The number of nitrogens with one attached hydrogen (secondary N) is 1. The molecule has 0 spiro atoms. The predicted molar refractivity (Wildman–Crippen MR) is 120 cm³/mol. The van der Waals surface area contributed by atoms with E-state index in [2.05, 4.69) is 10.4 Å². The molecule has 6 nitrogen and oxygen atoms in total. The van der Waals surface area contributed by atoms with Gasteiger partial charge in [-0.15, -0.1) is 11.3 Å². The maximum atomic E-state index is 12.9. The zero-order valence-electron chi connectivity index (χ0n) is 16.7. The normalized spacial score (nSPS) is 12.9. The van der Waals surface area contributed by atoms with E-state index in [-0.39, 0.29) is 11.8 Å². The molecule has 1 aliphatic rings. The molecule has 2 amide bonds. The Hall–Kier alpha value is -3.45. The molecule has 4 aromatic rings. The number of fused-ring (bicyclic) bond motifs is 2. The van der Waals surface area contributed by atoms with E-state index in [0.29, 0.717) is 11.4 Å². The Morgan fingerprint density at radius 3 is 2.67 bits per heavy atom. The van der Waals surface area contributed by atoms with E-state index in [0.717, 1.165) is 45.0 Å². The first-order valence-corrected chi connectivity index (χ1v) is 10.6. The van der Waals surface area contributed by atoms with Crippen LogP contribution in [0.25, 0.3) is 15.9 Å². The van der Waals surface area contributed by atoms with Gasteiger partial charge in [-0.3, -0.25) is 9.59 Å². The van der Waals surface area contributed by atoms with Gasteiger partial charge in [-0.25, -0.2) is 4.68 Å². The number of amides is 2. The van der Waals surface area contributed by atoms with Crippen LogP contribution in [0.4, 0.5) is 11.4 Å². The van der Waals surface area contributed by atoms with Crippen LogP contribution >= 0.6 is 11.3 Å². The molecule has 0 saturated carbocycles. The van der Waals surface area contributed by atoms with Crippen molar-refractivity contribution in [3.63, 3.8) is 0 Å². The number of nitrogens with zero attached hydrogens (tertiary/aromatic N) is 3. The molecule has 0 atom stereocenters. The van der Waals surface area contributed by atoms with Gasteiger partial charge in [-0.05, 0) is 55.3 Å². The Kier molecular flexibility index (Phi) is 4.40. The van der Waals surface area contributed by atoms with Gasteiger partial charge in [0.2, 0.25) is 5.91 Å². The van der Waals surface area contributed by atoms with Crippen LogP contribution in [-0.2, 0) is 11.2 Å². The molecule has 0 bridgehead atoms. The summed E-state index contributed by atoms with van der Waals surface area (Å²) in [5.74, 6) is -0.102. The molecule has 150 valence electrons. The Morgan fingerprint density at radius 1 is 1.10 bits per heavy atom. The van der Waals surface area contributed by atoms with Crippen molar-refractivity contribution < 1.29 is 9.59 Å². The van der Waals surface area contributed by atoms with Gasteiger partial charge in [0, 0.05) is 30.2 Å². The highest BCUT2D eigenvalue weighted by Crippen LogP contribution is 2.33. The molecule has 0 aliphatic carbocycles. The SMILES string of the molecule is CC(=O)N1CCc2cc(NC(=O)c3cc4c(C)nn(-c5ccccc5)c4s3)ccc21. The third-order valence-corrected chi connectivity index (χ3v) is 6.49. The first-order chi connectivity index (χ1) is 14.5. The van der Waals surface area contributed by atoms with Crippen molar-refractivity contribution in [2.24, 2.45) is 0 Å². The van der Waals surface area contributed by atoms with Crippen LogP contribution in [0.3, 0.4) is 0 Å². The lowest BCUT2D eigenvalue weighted by molar-refractivity contribution is -0.116. The zero-order valence-corrected chi connectivity index (χ0v) is 17.5. The van der Waals surface area contributed by atoms with Crippen molar-refractivity contribution in [1.29, 1.82) is 0 Å². The zero-order chi connectivity index (χ0) is 20.8. The number of hydrogen-bond donors (Lipinski definition) is 1. The summed E-state index contributed by atoms with van der Waals surface area (Å²) in [4.78, 5) is 28.0. The average Bonchev–Trinajstić information content (AvgIpc) is 3.43. The van der Waals surface area contributed by atoms with Gasteiger partial charge in [0.05, 0.1) is 16.3 Å². The summed E-state index contributed by atoms with van der Waals surface area (Å²) < 4.78 is 1.89. The molecule has 0 saturated heterocycles. The summed E-state index contributed by atoms with van der Waals surface area (Å²) in [5, 5.41) is 8.61. The van der Waals surface area contributed by atoms with Gasteiger partial charge in [0.1, 0.15) is 4.83 Å². The Labute approximate surface area is 177 Å². The number of aromatic nitrogens is 2. The number of anilines is 2. The molecule has 2 aromatic heterocycles. The number of benzene rings is 2. The standard InChI is InChI=1S/C23H20N4O2S/c1-14-19-13-21(30-23(19)27(25-14)18-6-4-3-5-7-18)22(29)24-17-8-9-20-16(12-17)10-11-26(20)15(2)28/h3-9,12-13H,10-11H2,1-2H3,(H,24,29). The van der Waals surface area contributed by atoms with E-state index in [9.17, 15) is 9.59 Å². The lowest BCUT2D eigenvalue weighted by Crippen LogP contribution is -2.25. The maximum Gasteiger partial charge on any atom is 0.265 e. The second-order valence-corrected chi connectivity index (χ2v) is 8.41. The van der Waals surface area contributed by atoms with E-state index in [1.807, 2.05) is 66.2 Å². The molecular weight excluding hydrogens is 396 g/mol. The quantitative estimate of drug-likeness (QED) is 0.533. The average molecular weight is 417 g/mol. The van der Waals surface area contributed by atoms with Crippen molar-refractivity contribution >= 4 is 44.7 Å². The van der Waals surface area contributed by atoms with E-state index < -0.39 is 0 Å². The summed E-state index contributed by atoms with van der Waals surface area (Å²) >= 11 is 1.43. The van der Waals surface area contributed by atoms with Crippen molar-refractivity contribution in [3.8, 4) is 5.69 Å². The second-order valence-electron chi connectivity index (χ2n) is 7.38. The molecule has 3 heterocycles. The number of thiophene rings is 1. The van der Waals surface area contributed by atoms with Crippen molar-refractivity contribution in [3.05, 3.63) is 70.7 Å². The molecule has 2 aromatic carbocycles. The molecule has 0 radical (unpaired) electrons. The molecular formula is C23H20N4O2S. The number of hydrogen-bond acceptors (Lipinski definition) is 4. The first-order valence-electron chi connectivity index (χ1n) is 9.78. The van der Waals surface area contributed by atoms with Crippen molar-refractivity contribution in [2.45, 2.75) is 20.3 Å². The van der Waals surface area contributed by atoms with E-state index in [1.165, 1.54) is 11.3 Å². The third kappa shape index (κ3) is 3.07. The topological polar surface area (TPSA) is 67.2 Å². The fraction of sp³-hybridized carbons (Fsp3) is 0.174. The van der Waals surface area contributed by atoms with E-state index in [4.69, 9.17) is 0 Å². The monoisotopic (exact) mass is 416 g/mol. The minimum Gasteiger partial charge on any atom is -0.321 e. The Morgan fingerprint density at radius 2 is 1.90 bits per heavy atom. The van der Waals surface area contributed by atoms with Crippen LogP contribution in [0, 0.1) is 6.92 Å². The first kappa shape index (κ1) is 18.6. The molecule has 0 unspecified atom stereocenters. The highest BCUT2D eigenvalue weighted by Gasteiger charge is 2.23. The van der Waals surface area contributed by atoms with E-state index >= 15 is 0 Å². The molecule has 0 fully saturated rings. The highest BCUT2D eigenvalue weighted by molar-refractivity contribution is 7.20. The summed E-state index contributed by atoms with van der Waals surface area (Å²) in [5.41, 5.74) is 4.61. The van der Waals surface area contributed by atoms with Gasteiger partial charge in [0.15, 0.2) is 0 Å². The molecule has 1 aliphatic heterocycles. The number of para-hydroxylation sites is 1. The van der Waals surface area contributed by atoms with Crippen molar-refractivity contribution in [1.82, 2.24) is 9.78 Å². The van der Waals surface area contributed by atoms with Gasteiger partial charge in [-0.2, -0.15) is 5.10 Å². The third-order valence-electron chi connectivity index (χ3n) is 5.38. The largest absolute Gasteiger partial charge is 0.321 e. The van der Waals surface area contributed by atoms with Crippen LogP contribution in [-0.4, -0.2) is 28.1 Å². The van der Waals surface area contributed by atoms with Gasteiger partial charge in [0.25, 0.3) is 5.91 Å². The van der Waals surface area contributed by atoms with Gasteiger partial charge >= 0.3 is 0 Å². The van der Waals surface area contributed by atoms with Crippen LogP contribution in [0.5, 0.6) is 0 Å². The summed E-state index contributed by atoms with van der Waals surface area (Å²) in [6.07, 6.45) is 0.799. The highest BCUT2D eigenvalue weighted by atomic mass is 32.1. The van der Waals surface area contributed by atoms with Crippen LogP contribution in [0.2, 0.25) is 0 Å². The maximum absolute atomic E-state index is 12.9. The molecule has 1 N–H and O–H groups in total. The van der Waals surface area contributed by atoms with Crippen LogP contribution < -0.4 is 10.2 Å². The molecule has 30 heavy (non-hydrogen) atoms. The summed E-state index contributed by atoms with van der Waals surface area (Å²) in [7, 11) is 0. The number of carbonyl (C=O) groups excluding carboxylic acids is 2. The lowest BCUT2D eigenvalue weighted by atomic mass is 10.1.